The molecule has 1 atom stereocenters. The fourth-order valence-corrected chi connectivity index (χ4v) is 2.35. The zero-order valence-corrected chi connectivity index (χ0v) is 12.5. The van der Waals surface area contributed by atoms with E-state index in [0.717, 1.165) is 11.4 Å². The number of carbonyl (C=O) groups excluding carboxylic acids is 2. The molecule has 1 aliphatic rings. The average Bonchev–Trinajstić information content (AvgIpc) is 2.87. The predicted octanol–water partition coefficient (Wildman–Crippen LogP) is 0.482. The van der Waals surface area contributed by atoms with Crippen LogP contribution in [0, 0.1) is 0 Å². The first-order chi connectivity index (χ1) is 10.6. The third-order valence-electron chi connectivity index (χ3n) is 3.32. The van der Waals surface area contributed by atoms with Gasteiger partial charge in [-0.05, 0) is 31.2 Å². The number of aliphatic hydroxyl groups is 1. The first kappa shape index (κ1) is 16.1. The van der Waals surface area contributed by atoms with Gasteiger partial charge < -0.3 is 25.4 Å². The molecule has 3 N–H and O–H groups in total. The fraction of sp³-hybridized carbons (Fsp3) is 0.467. The molecule has 120 valence electrons. The molecular formula is C15H21N3O4. The maximum atomic E-state index is 12.1. The molecule has 1 unspecified atom stereocenters. The van der Waals surface area contributed by atoms with Gasteiger partial charge in [0, 0.05) is 25.2 Å². The van der Waals surface area contributed by atoms with E-state index in [4.69, 9.17) is 9.84 Å². The van der Waals surface area contributed by atoms with Crippen LogP contribution in [0.3, 0.4) is 0 Å². The van der Waals surface area contributed by atoms with Crippen molar-refractivity contribution in [2.45, 2.75) is 19.4 Å². The average molecular weight is 307 g/mol. The van der Waals surface area contributed by atoms with Gasteiger partial charge in [-0.25, -0.2) is 4.79 Å². The largest absolute Gasteiger partial charge is 0.494 e. The molecule has 2 rings (SSSR count). The molecule has 1 aromatic carbocycles. The summed E-state index contributed by atoms with van der Waals surface area (Å²) in [6.45, 7) is 3.01. The summed E-state index contributed by atoms with van der Waals surface area (Å²) in [6.07, 6.45) is 0.264. The van der Waals surface area contributed by atoms with Gasteiger partial charge in [-0.2, -0.15) is 0 Å². The van der Waals surface area contributed by atoms with Crippen molar-refractivity contribution >= 4 is 17.6 Å². The maximum absolute atomic E-state index is 12.1. The standard InChI is InChI=1S/C15H21N3O4/c1-2-22-13-5-3-12(4-6-13)18-10-11(9-14(18)20)17-15(21)16-7-8-19/h3-6,11,19H,2,7-10H2,1H3,(H2,16,17,21). The monoisotopic (exact) mass is 307 g/mol. The highest BCUT2D eigenvalue weighted by molar-refractivity contribution is 5.96. The third kappa shape index (κ3) is 4.11. The van der Waals surface area contributed by atoms with Crippen LogP contribution in [0.2, 0.25) is 0 Å². The van der Waals surface area contributed by atoms with E-state index < -0.39 is 0 Å². The number of benzene rings is 1. The molecule has 1 saturated heterocycles. The summed E-state index contributed by atoms with van der Waals surface area (Å²) in [5.74, 6) is 0.729. The smallest absolute Gasteiger partial charge is 0.315 e. The normalized spacial score (nSPS) is 17.5. The van der Waals surface area contributed by atoms with E-state index in [9.17, 15) is 9.59 Å². The fourth-order valence-electron chi connectivity index (χ4n) is 2.35. The molecule has 0 aliphatic carbocycles. The molecule has 7 heteroatoms. The Labute approximate surface area is 129 Å². The highest BCUT2D eigenvalue weighted by Gasteiger charge is 2.31. The van der Waals surface area contributed by atoms with E-state index in [0.29, 0.717) is 13.2 Å². The first-order valence-corrected chi connectivity index (χ1v) is 7.32. The van der Waals surface area contributed by atoms with E-state index >= 15 is 0 Å². The van der Waals surface area contributed by atoms with Crippen molar-refractivity contribution in [3.8, 4) is 5.75 Å². The van der Waals surface area contributed by atoms with Gasteiger partial charge in [0.2, 0.25) is 5.91 Å². The molecular weight excluding hydrogens is 286 g/mol. The summed E-state index contributed by atoms with van der Waals surface area (Å²) in [7, 11) is 0. The number of anilines is 1. The SMILES string of the molecule is CCOc1ccc(N2CC(NC(=O)NCCO)CC2=O)cc1. The third-order valence-corrected chi connectivity index (χ3v) is 3.32. The minimum atomic E-state index is -0.375. The van der Waals surface area contributed by atoms with Gasteiger partial charge in [0.1, 0.15) is 5.75 Å². The molecule has 0 bridgehead atoms. The van der Waals surface area contributed by atoms with Gasteiger partial charge in [0.15, 0.2) is 0 Å². The zero-order chi connectivity index (χ0) is 15.9. The number of nitrogens with one attached hydrogen (secondary N) is 2. The van der Waals surface area contributed by atoms with Crippen molar-refractivity contribution in [1.82, 2.24) is 10.6 Å². The molecule has 1 aliphatic heterocycles. The summed E-state index contributed by atoms with van der Waals surface area (Å²) in [5.41, 5.74) is 0.786. The summed E-state index contributed by atoms with van der Waals surface area (Å²) in [4.78, 5) is 25.3. The number of hydrogen-bond donors (Lipinski definition) is 3. The molecule has 1 heterocycles. The van der Waals surface area contributed by atoms with E-state index in [1.54, 1.807) is 4.90 Å². The van der Waals surface area contributed by atoms with Crippen LogP contribution >= 0.6 is 0 Å². The van der Waals surface area contributed by atoms with Crippen molar-refractivity contribution in [2.24, 2.45) is 0 Å². The van der Waals surface area contributed by atoms with Crippen molar-refractivity contribution < 1.29 is 19.4 Å². The van der Waals surface area contributed by atoms with Crippen LogP contribution in [-0.2, 0) is 4.79 Å². The lowest BCUT2D eigenvalue weighted by Crippen LogP contribution is -2.44. The maximum Gasteiger partial charge on any atom is 0.315 e. The van der Waals surface area contributed by atoms with Crippen LogP contribution in [0.25, 0.3) is 0 Å². The number of aliphatic hydroxyl groups excluding tert-OH is 1. The van der Waals surface area contributed by atoms with Gasteiger partial charge >= 0.3 is 6.03 Å². The molecule has 0 spiro atoms. The van der Waals surface area contributed by atoms with Gasteiger partial charge in [-0.15, -0.1) is 0 Å². The molecule has 3 amide bonds. The van der Waals surface area contributed by atoms with E-state index in [2.05, 4.69) is 10.6 Å². The quantitative estimate of drug-likeness (QED) is 0.713. The second-order valence-corrected chi connectivity index (χ2v) is 4.96. The Kier molecular flexibility index (Phi) is 5.60. The topological polar surface area (TPSA) is 90.9 Å². The zero-order valence-electron chi connectivity index (χ0n) is 12.5. The lowest BCUT2D eigenvalue weighted by molar-refractivity contribution is -0.117. The molecule has 0 radical (unpaired) electrons. The molecule has 22 heavy (non-hydrogen) atoms. The van der Waals surface area contributed by atoms with Crippen LogP contribution in [-0.4, -0.2) is 49.4 Å². The Morgan fingerprint density at radius 1 is 1.41 bits per heavy atom. The lowest BCUT2D eigenvalue weighted by atomic mass is 10.2. The number of carbonyl (C=O) groups is 2. The van der Waals surface area contributed by atoms with Crippen LogP contribution < -0.4 is 20.3 Å². The van der Waals surface area contributed by atoms with Gasteiger partial charge in [0.05, 0.1) is 19.3 Å². The van der Waals surface area contributed by atoms with Gasteiger partial charge in [0.25, 0.3) is 0 Å². The lowest BCUT2D eigenvalue weighted by Gasteiger charge is -2.17. The number of amides is 3. The second kappa shape index (κ2) is 7.65. The van der Waals surface area contributed by atoms with Crippen molar-refractivity contribution in [1.29, 1.82) is 0 Å². The second-order valence-electron chi connectivity index (χ2n) is 4.96. The van der Waals surface area contributed by atoms with Crippen molar-refractivity contribution in [2.75, 3.05) is 31.2 Å². The van der Waals surface area contributed by atoms with Crippen LogP contribution in [0.15, 0.2) is 24.3 Å². The summed E-state index contributed by atoms with van der Waals surface area (Å²) >= 11 is 0. The number of ether oxygens (including phenoxy) is 1. The molecule has 1 aromatic rings. The number of urea groups is 1. The predicted molar refractivity (Wildman–Crippen MR) is 82.0 cm³/mol. The van der Waals surface area contributed by atoms with Crippen molar-refractivity contribution in [3.05, 3.63) is 24.3 Å². The Hall–Kier alpha value is -2.28. The molecule has 1 fully saturated rings. The Morgan fingerprint density at radius 2 is 2.14 bits per heavy atom. The van der Waals surface area contributed by atoms with Gasteiger partial charge in [-0.3, -0.25) is 4.79 Å². The molecule has 7 nitrogen and oxygen atoms in total. The number of hydrogen-bond acceptors (Lipinski definition) is 4. The molecule has 0 saturated carbocycles. The Morgan fingerprint density at radius 3 is 2.77 bits per heavy atom. The number of nitrogens with zero attached hydrogens (tertiary/aromatic N) is 1. The van der Waals surface area contributed by atoms with Crippen LogP contribution in [0.5, 0.6) is 5.75 Å². The van der Waals surface area contributed by atoms with Crippen molar-refractivity contribution in [3.63, 3.8) is 0 Å². The first-order valence-electron chi connectivity index (χ1n) is 7.32. The van der Waals surface area contributed by atoms with E-state index in [-0.39, 0.29) is 37.6 Å². The molecule has 0 aromatic heterocycles. The number of rotatable bonds is 6. The van der Waals surface area contributed by atoms with E-state index in [1.807, 2.05) is 31.2 Å². The summed E-state index contributed by atoms with van der Waals surface area (Å²) in [6, 6.07) is 6.69. The van der Waals surface area contributed by atoms with Gasteiger partial charge in [-0.1, -0.05) is 0 Å². The highest BCUT2D eigenvalue weighted by atomic mass is 16.5. The minimum absolute atomic E-state index is 0.0309. The Bertz CT molecular complexity index is 518. The Balaban J connectivity index is 1.93. The highest BCUT2D eigenvalue weighted by Crippen LogP contribution is 2.24. The van der Waals surface area contributed by atoms with E-state index in [1.165, 1.54) is 0 Å². The summed E-state index contributed by atoms with van der Waals surface area (Å²) in [5, 5.41) is 13.9. The minimum Gasteiger partial charge on any atom is -0.494 e. The van der Waals surface area contributed by atoms with Crippen LogP contribution in [0.1, 0.15) is 13.3 Å². The van der Waals surface area contributed by atoms with Crippen LogP contribution in [0.4, 0.5) is 10.5 Å². The summed E-state index contributed by atoms with van der Waals surface area (Å²) < 4.78 is 5.37.